The third-order valence-electron chi connectivity index (χ3n) is 4.42. The number of aromatic nitrogens is 4. The molecule has 156 valence electrons. The number of halogens is 1. The molecule has 1 fully saturated rings. The number of nitrogens with zero attached hydrogens (tertiary/aromatic N) is 6. The molecular formula is C19H26ClN7O2. The molecule has 1 aliphatic rings. The summed E-state index contributed by atoms with van der Waals surface area (Å²) >= 11 is 5.87. The third kappa shape index (κ3) is 5.90. The van der Waals surface area contributed by atoms with E-state index >= 15 is 0 Å². The predicted octanol–water partition coefficient (Wildman–Crippen LogP) is 3.50. The van der Waals surface area contributed by atoms with E-state index in [1.807, 2.05) is 32.7 Å². The molecule has 1 saturated heterocycles. The van der Waals surface area contributed by atoms with Crippen molar-refractivity contribution in [1.82, 2.24) is 24.8 Å². The first-order chi connectivity index (χ1) is 13.7. The molecule has 9 nitrogen and oxygen atoms in total. The molecule has 2 aromatic heterocycles. The van der Waals surface area contributed by atoms with Crippen LogP contribution in [0, 0.1) is 0 Å². The molecule has 0 aromatic carbocycles. The van der Waals surface area contributed by atoms with E-state index in [4.69, 9.17) is 16.3 Å². The lowest BCUT2D eigenvalue weighted by Crippen LogP contribution is -2.44. The molecule has 0 aliphatic carbocycles. The summed E-state index contributed by atoms with van der Waals surface area (Å²) in [6, 6.07) is 3.74. The van der Waals surface area contributed by atoms with Gasteiger partial charge in [-0.3, -0.25) is 0 Å². The number of hydrogen-bond acceptors (Lipinski definition) is 8. The van der Waals surface area contributed by atoms with Gasteiger partial charge in [0.2, 0.25) is 11.2 Å². The van der Waals surface area contributed by atoms with Gasteiger partial charge in [-0.2, -0.15) is 4.98 Å². The van der Waals surface area contributed by atoms with Gasteiger partial charge in [0.05, 0.1) is 0 Å². The third-order valence-corrected chi connectivity index (χ3v) is 4.60. The fraction of sp³-hybridized carbons (Fsp3) is 0.526. The Morgan fingerprint density at radius 3 is 2.41 bits per heavy atom. The van der Waals surface area contributed by atoms with Crippen LogP contribution in [0.15, 0.2) is 24.5 Å². The number of ether oxygens (including phenoxy) is 1. The Morgan fingerprint density at radius 2 is 1.79 bits per heavy atom. The van der Waals surface area contributed by atoms with E-state index in [1.165, 1.54) is 0 Å². The number of anilines is 3. The van der Waals surface area contributed by atoms with E-state index in [-0.39, 0.29) is 17.4 Å². The van der Waals surface area contributed by atoms with E-state index in [0.717, 1.165) is 12.8 Å². The Kier molecular flexibility index (Phi) is 6.36. The van der Waals surface area contributed by atoms with E-state index in [9.17, 15) is 4.79 Å². The Labute approximate surface area is 175 Å². The summed E-state index contributed by atoms with van der Waals surface area (Å²) in [5.74, 6) is 1.86. The molecule has 10 heteroatoms. The van der Waals surface area contributed by atoms with E-state index in [1.54, 1.807) is 29.4 Å². The number of likely N-dealkylation sites (tertiary alicyclic amines) is 1. The average molecular weight is 420 g/mol. The fourth-order valence-corrected chi connectivity index (χ4v) is 3.09. The maximum absolute atomic E-state index is 12.2. The molecule has 0 bridgehead atoms. The van der Waals surface area contributed by atoms with Crippen molar-refractivity contribution in [2.75, 3.05) is 30.4 Å². The highest BCUT2D eigenvalue weighted by Crippen LogP contribution is 2.22. The van der Waals surface area contributed by atoms with Gasteiger partial charge in [0.15, 0.2) is 0 Å². The molecule has 0 unspecified atom stereocenters. The van der Waals surface area contributed by atoms with Crippen molar-refractivity contribution in [3.05, 3.63) is 29.8 Å². The van der Waals surface area contributed by atoms with Crippen molar-refractivity contribution in [2.24, 2.45) is 0 Å². The van der Waals surface area contributed by atoms with E-state index in [2.05, 4.69) is 25.3 Å². The fourth-order valence-electron chi connectivity index (χ4n) is 2.95. The molecule has 0 saturated carbocycles. The molecule has 1 amide bonds. The quantitative estimate of drug-likeness (QED) is 0.752. The molecule has 3 rings (SSSR count). The van der Waals surface area contributed by atoms with Crippen molar-refractivity contribution in [3.8, 4) is 0 Å². The highest BCUT2D eigenvalue weighted by molar-refractivity contribution is 6.28. The van der Waals surface area contributed by atoms with Crippen molar-refractivity contribution >= 4 is 35.3 Å². The molecular weight excluding hydrogens is 394 g/mol. The summed E-state index contributed by atoms with van der Waals surface area (Å²) in [5.41, 5.74) is -0.486. The zero-order valence-corrected chi connectivity index (χ0v) is 17.8. The summed E-state index contributed by atoms with van der Waals surface area (Å²) in [4.78, 5) is 32.7. The standard InChI is InChI=1S/C19H26ClN7O2/c1-19(2,3)29-18(28)27-11-7-13(8-12-27)23-17-22-10-6-15(25-17)26(4)14-5-9-21-16(20)24-14/h5-6,9-10,13H,7-8,11-12H2,1-4H3,(H,22,23,25). The number of piperidine rings is 1. The van der Waals surface area contributed by atoms with Crippen LogP contribution in [0.3, 0.4) is 0 Å². The van der Waals surface area contributed by atoms with Gasteiger partial charge < -0.3 is 19.9 Å². The van der Waals surface area contributed by atoms with Gasteiger partial charge in [0, 0.05) is 38.6 Å². The highest BCUT2D eigenvalue weighted by atomic mass is 35.5. The summed E-state index contributed by atoms with van der Waals surface area (Å²) in [6.07, 6.45) is 4.62. The summed E-state index contributed by atoms with van der Waals surface area (Å²) in [6.45, 7) is 6.87. The lowest BCUT2D eigenvalue weighted by Gasteiger charge is -2.33. The van der Waals surface area contributed by atoms with Crippen molar-refractivity contribution in [2.45, 2.75) is 45.3 Å². The van der Waals surface area contributed by atoms with Gasteiger partial charge >= 0.3 is 6.09 Å². The van der Waals surface area contributed by atoms with Crippen LogP contribution in [0.5, 0.6) is 0 Å². The van der Waals surface area contributed by atoms with E-state index < -0.39 is 5.60 Å². The Balaban J connectivity index is 1.58. The maximum atomic E-state index is 12.2. The molecule has 1 aliphatic heterocycles. The van der Waals surface area contributed by atoms with Gasteiger partial charge in [-0.1, -0.05) is 0 Å². The normalized spacial score (nSPS) is 15.1. The summed E-state index contributed by atoms with van der Waals surface area (Å²) in [5, 5.41) is 3.54. The van der Waals surface area contributed by atoms with Crippen molar-refractivity contribution in [1.29, 1.82) is 0 Å². The second-order valence-electron chi connectivity index (χ2n) is 7.87. The first kappa shape index (κ1) is 21.0. The minimum absolute atomic E-state index is 0.179. The van der Waals surface area contributed by atoms with Gasteiger partial charge in [-0.15, -0.1) is 0 Å². The second-order valence-corrected chi connectivity index (χ2v) is 8.21. The van der Waals surface area contributed by atoms with Crippen LogP contribution in [-0.2, 0) is 4.74 Å². The number of carbonyl (C=O) groups excluding carboxylic acids is 1. The first-order valence-electron chi connectivity index (χ1n) is 9.51. The monoisotopic (exact) mass is 419 g/mol. The van der Waals surface area contributed by atoms with Crippen LogP contribution >= 0.6 is 11.6 Å². The zero-order chi connectivity index (χ0) is 21.0. The smallest absolute Gasteiger partial charge is 0.410 e. The molecule has 0 atom stereocenters. The molecule has 1 N–H and O–H groups in total. The molecule has 2 aromatic rings. The topological polar surface area (TPSA) is 96.4 Å². The summed E-state index contributed by atoms with van der Waals surface area (Å²) in [7, 11) is 1.85. The first-order valence-corrected chi connectivity index (χ1v) is 9.89. The molecule has 0 radical (unpaired) electrons. The lowest BCUT2D eigenvalue weighted by atomic mass is 10.1. The van der Waals surface area contributed by atoms with Crippen LogP contribution in [0.25, 0.3) is 0 Å². The maximum Gasteiger partial charge on any atom is 0.410 e. The van der Waals surface area contributed by atoms with Crippen LogP contribution in [0.2, 0.25) is 5.28 Å². The largest absolute Gasteiger partial charge is 0.444 e. The van der Waals surface area contributed by atoms with Gasteiger partial charge in [-0.05, 0) is 57.3 Å². The van der Waals surface area contributed by atoms with Gasteiger partial charge in [0.25, 0.3) is 0 Å². The number of rotatable bonds is 4. The SMILES string of the molecule is CN(c1ccnc(Cl)n1)c1ccnc(NC2CCN(C(=O)OC(C)(C)C)CC2)n1. The predicted molar refractivity (Wildman–Crippen MR) is 112 cm³/mol. The van der Waals surface area contributed by atoms with E-state index in [0.29, 0.717) is 30.7 Å². The molecule has 3 heterocycles. The number of nitrogens with one attached hydrogen (secondary N) is 1. The number of carbonyl (C=O) groups is 1. The minimum atomic E-state index is -0.486. The lowest BCUT2D eigenvalue weighted by molar-refractivity contribution is 0.0210. The highest BCUT2D eigenvalue weighted by Gasteiger charge is 2.27. The van der Waals surface area contributed by atoms with Crippen LogP contribution < -0.4 is 10.2 Å². The number of amides is 1. The Morgan fingerprint density at radius 1 is 1.17 bits per heavy atom. The second kappa shape index (κ2) is 8.77. The molecule has 0 spiro atoms. The van der Waals surface area contributed by atoms with Gasteiger partial charge in [-0.25, -0.2) is 19.7 Å². The van der Waals surface area contributed by atoms with Crippen molar-refractivity contribution < 1.29 is 9.53 Å². The zero-order valence-electron chi connectivity index (χ0n) is 17.1. The Bertz CT molecular complexity index is 850. The van der Waals surface area contributed by atoms with Crippen LogP contribution in [-0.4, -0.2) is 62.7 Å². The van der Waals surface area contributed by atoms with Crippen LogP contribution in [0.4, 0.5) is 22.4 Å². The summed E-state index contributed by atoms with van der Waals surface area (Å²) < 4.78 is 5.44. The average Bonchev–Trinajstić information content (AvgIpc) is 2.67. The Hall–Kier alpha value is -2.68. The van der Waals surface area contributed by atoms with Gasteiger partial charge in [0.1, 0.15) is 17.2 Å². The molecule has 29 heavy (non-hydrogen) atoms. The van der Waals surface area contributed by atoms with Crippen molar-refractivity contribution in [3.63, 3.8) is 0 Å². The number of hydrogen-bond donors (Lipinski definition) is 1. The minimum Gasteiger partial charge on any atom is -0.444 e. The van der Waals surface area contributed by atoms with Crippen LogP contribution in [0.1, 0.15) is 33.6 Å².